The van der Waals surface area contributed by atoms with Gasteiger partial charge in [-0.3, -0.25) is 0 Å². The van der Waals surface area contributed by atoms with Gasteiger partial charge in [0.1, 0.15) is 0 Å². The average Bonchev–Trinajstić information content (AvgIpc) is 2.36. The summed E-state index contributed by atoms with van der Waals surface area (Å²) in [6.45, 7) is 10.7. The van der Waals surface area contributed by atoms with Gasteiger partial charge in [-0.15, -0.1) is 0 Å². The van der Waals surface area contributed by atoms with Gasteiger partial charge in [-0.2, -0.15) is 0 Å². The number of nitrogens with zero attached hydrogens (tertiary/aromatic N) is 1. The number of rotatable bonds is 8. The second-order valence-electron chi connectivity index (χ2n) is 4.54. The molecule has 0 amide bonds. The van der Waals surface area contributed by atoms with Crippen molar-refractivity contribution in [2.45, 2.75) is 40.2 Å². The monoisotopic (exact) mass is 268 g/mol. The van der Waals surface area contributed by atoms with Crippen LogP contribution >= 0.6 is 11.6 Å². The lowest BCUT2D eigenvalue weighted by Crippen LogP contribution is -2.27. The van der Waals surface area contributed by atoms with Crippen molar-refractivity contribution in [3.63, 3.8) is 0 Å². The van der Waals surface area contributed by atoms with E-state index < -0.39 is 0 Å². The standard InChI is InChI=1S/C15H25ClN2/c1-4-9-18(10-5-2)15-8-7-14(16)11-13(15)12-17-6-3/h7-8,11,17H,4-6,9-10,12H2,1-3H3. The van der Waals surface area contributed by atoms with Crippen LogP contribution in [0.15, 0.2) is 18.2 Å². The van der Waals surface area contributed by atoms with Crippen LogP contribution in [0.5, 0.6) is 0 Å². The molecular formula is C15H25ClN2. The molecule has 0 heterocycles. The fourth-order valence-corrected chi connectivity index (χ4v) is 2.35. The van der Waals surface area contributed by atoms with E-state index in [9.17, 15) is 0 Å². The maximum Gasteiger partial charge on any atom is 0.0412 e. The maximum absolute atomic E-state index is 6.11. The number of hydrogen-bond acceptors (Lipinski definition) is 2. The first kappa shape index (κ1) is 15.3. The average molecular weight is 269 g/mol. The Labute approximate surface area is 116 Å². The minimum Gasteiger partial charge on any atom is -0.371 e. The number of hydrogen-bond donors (Lipinski definition) is 1. The fraction of sp³-hybridized carbons (Fsp3) is 0.600. The molecular weight excluding hydrogens is 244 g/mol. The number of benzene rings is 1. The predicted molar refractivity (Wildman–Crippen MR) is 81.6 cm³/mol. The molecule has 1 aromatic rings. The highest BCUT2D eigenvalue weighted by Gasteiger charge is 2.10. The Morgan fingerprint density at radius 3 is 2.33 bits per heavy atom. The van der Waals surface area contributed by atoms with Gasteiger partial charge in [0.2, 0.25) is 0 Å². The zero-order valence-electron chi connectivity index (χ0n) is 11.8. The molecule has 0 saturated carbocycles. The molecule has 0 atom stereocenters. The van der Waals surface area contributed by atoms with Gasteiger partial charge in [0.15, 0.2) is 0 Å². The zero-order valence-corrected chi connectivity index (χ0v) is 12.6. The van der Waals surface area contributed by atoms with E-state index in [1.165, 1.54) is 24.1 Å². The molecule has 0 radical (unpaired) electrons. The van der Waals surface area contributed by atoms with Gasteiger partial charge in [-0.1, -0.05) is 32.4 Å². The van der Waals surface area contributed by atoms with Gasteiger partial charge in [0.25, 0.3) is 0 Å². The highest BCUT2D eigenvalue weighted by Crippen LogP contribution is 2.25. The maximum atomic E-state index is 6.11. The van der Waals surface area contributed by atoms with Crippen molar-refractivity contribution in [3.05, 3.63) is 28.8 Å². The predicted octanol–water partition coefficient (Wildman–Crippen LogP) is 4.08. The molecule has 0 fully saturated rings. The normalized spacial score (nSPS) is 10.7. The second-order valence-corrected chi connectivity index (χ2v) is 4.98. The molecule has 0 aliphatic heterocycles. The Morgan fingerprint density at radius 1 is 1.11 bits per heavy atom. The first-order valence-corrected chi connectivity index (χ1v) is 7.34. The van der Waals surface area contributed by atoms with E-state index >= 15 is 0 Å². The number of halogens is 1. The van der Waals surface area contributed by atoms with E-state index in [4.69, 9.17) is 11.6 Å². The van der Waals surface area contributed by atoms with Crippen LogP contribution in [-0.4, -0.2) is 19.6 Å². The molecule has 0 aromatic heterocycles. The largest absolute Gasteiger partial charge is 0.371 e. The minimum atomic E-state index is 0.819. The molecule has 3 heteroatoms. The van der Waals surface area contributed by atoms with Crippen LogP contribution in [0.25, 0.3) is 0 Å². The molecule has 0 unspecified atom stereocenters. The Hall–Kier alpha value is -0.730. The van der Waals surface area contributed by atoms with Crippen LogP contribution < -0.4 is 10.2 Å². The summed E-state index contributed by atoms with van der Waals surface area (Å²) in [4.78, 5) is 2.46. The Balaban J connectivity index is 2.95. The van der Waals surface area contributed by atoms with Crippen molar-refractivity contribution in [2.75, 3.05) is 24.5 Å². The van der Waals surface area contributed by atoms with Crippen LogP contribution in [0.1, 0.15) is 39.2 Å². The van der Waals surface area contributed by atoms with Crippen molar-refractivity contribution >= 4 is 17.3 Å². The van der Waals surface area contributed by atoms with Crippen LogP contribution in [0.2, 0.25) is 5.02 Å². The summed E-state index contributed by atoms with van der Waals surface area (Å²) in [5, 5.41) is 4.21. The summed E-state index contributed by atoms with van der Waals surface area (Å²) < 4.78 is 0. The lowest BCUT2D eigenvalue weighted by molar-refractivity contribution is 0.706. The molecule has 1 rings (SSSR count). The van der Waals surface area contributed by atoms with Gasteiger partial charge in [0, 0.05) is 30.3 Å². The first-order chi connectivity index (χ1) is 8.72. The third-order valence-corrected chi connectivity index (χ3v) is 3.17. The van der Waals surface area contributed by atoms with E-state index in [1.54, 1.807) is 0 Å². The van der Waals surface area contributed by atoms with Crippen LogP contribution in [0.4, 0.5) is 5.69 Å². The smallest absolute Gasteiger partial charge is 0.0412 e. The van der Waals surface area contributed by atoms with Gasteiger partial charge in [-0.25, -0.2) is 0 Å². The Morgan fingerprint density at radius 2 is 1.78 bits per heavy atom. The van der Waals surface area contributed by atoms with Gasteiger partial charge >= 0.3 is 0 Å². The molecule has 18 heavy (non-hydrogen) atoms. The molecule has 0 saturated heterocycles. The van der Waals surface area contributed by atoms with E-state index in [-0.39, 0.29) is 0 Å². The summed E-state index contributed by atoms with van der Waals surface area (Å²) in [7, 11) is 0. The molecule has 0 aliphatic carbocycles. The highest BCUT2D eigenvalue weighted by atomic mass is 35.5. The van der Waals surface area contributed by atoms with E-state index in [1.807, 2.05) is 6.07 Å². The van der Waals surface area contributed by atoms with Crippen LogP contribution in [0, 0.1) is 0 Å². The number of anilines is 1. The lowest BCUT2D eigenvalue weighted by Gasteiger charge is -2.26. The SMILES string of the molecule is CCCN(CCC)c1ccc(Cl)cc1CNCC. The second kappa shape index (κ2) is 8.39. The van der Waals surface area contributed by atoms with Gasteiger partial charge in [-0.05, 0) is 43.1 Å². The molecule has 0 spiro atoms. The molecule has 102 valence electrons. The summed E-state index contributed by atoms with van der Waals surface area (Å²) in [6.07, 6.45) is 2.34. The third-order valence-electron chi connectivity index (χ3n) is 2.93. The minimum absolute atomic E-state index is 0.819. The Bertz CT molecular complexity index is 346. The summed E-state index contributed by atoms with van der Waals surface area (Å²) >= 11 is 6.11. The lowest BCUT2D eigenvalue weighted by atomic mass is 10.1. The van der Waals surface area contributed by atoms with Gasteiger partial charge < -0.3 is 10.2 Å². The van der Waals surface area contributed by atoms with Crippen LogP contribution in [-0.2, 0) is 6.54 Å². The zero-order chi connectivity index (χ0) is 13.4. The van der Waals surface area contributed by atoms with Crippen molar-refractivity contribution in [1.82, 2.24) is 5.32 Å². The Kier molecular flexibility index (Phi) is 7.14. The molecule has 2 nitrogen and oxygen atoms in total. The molecule has 1 N–H and O–H groups in total. The topological polar surface area (TPSA) is 15.3 Å². The van der Waals surface area contributed by atoms with Crippen molar-refractivity contribution < 1.29 is 0 Å². The first-order valence-electron chi connectivity index (χ1n) is 6.97. The van der Waals surface area contributed by atoms with E-state index in [2.05, 4.69) is 43.1 Å². The quantitative estimate of drug-likeness (QED) is 0.764. The molecule has 0 aliphatic rings. The van der Waals surface area contributed by atoms with Crippen molar-refractivity contribution in [3.8, 4) is 0 Å². The summed E-state index contributed by atoms with van der Waals surface area (Å²) in [5.74, 6) is 0. The molecule has 1 aromatic carbocycles. The van der Waals surface area contributed by atoms with Crippen LogP contribution in [0.3, 0.4) is 0 Å². The van der Waals surface area contributed by atoms with Crippen molar-refractivity contribution in [1.29, 1.82) is 0 Å². The molecule has 0 bridgehead atoms. The third kappa shape index (κ3) is 4.51. The fourth-order valence-electron chi connectivity index (χ4n) is 2.16. The van der Waals surface area contributed by atoms with Gasteiger partial charge in [0.05, 0.1) is 0 Å². The highest BCUT2D eigenvalue weighted by molar-refractivity contribution is 6.30. The van der Waals surface area contributed by atoms with E-state index in [0.717, 1.165) is 31.2 Å². The number of nitrogens with one attached hydrogen (secondary N) is 1. The van der Waals surface area contributed by atoms with E-state index in [0.29, 0.717) is 0 Å². The summed E-state index contributed by atoms with van der Waals surface area (Å²) in [5.41, 5.74) is 2.62. The van der Waals surface area contributed by atoms with Crippen molar-refractivity contribution in [2.24, 2.45) is 0 Å². The summed E-state index contributed by atoms with van der Waals surface area (Å²) in [6, 6.07) is 6.23.